The van der Waals surface area contributed by atoms with E-state index in [0.717, 1.165) is 6.07 Å². The third kappa shape index (κ3) is 8.10. The molecule has 3 aromatic rings. The second kappa shape index (κ2) is 13.1. The van der Waals surface area contributed by atoms with E-state index in [1.807, 2.05) is 4.90 Å². The highest BCUT2D eigenvalue weighted by Crippen LogP contribution is 2.34. The molecule has 0 spiro atoms. The Labute approximate surface area is 246 Å². The van der Waals surface area contributed by atoms with Crippen molar-refractivity contribution in [2.45, 2.75) is 30.6 Å². The van der Waals surface area contributed by atoms with Gasteiger partial charge in [0.2, 0.25) is 16.0 Å². The molecular weight excluding hydrogens is 589 g/mol. The van der Waals surface area contributed by atoms with Gasteiger partial charge >= 0.3 is 12.2 Å². The Balaban J connectivity index is 1.26. The molecule has 0 aliphatic carbocycles. The van der Waals surface area contributed by atoms with Crippen LogP contribution in [0.1, 0.15) is 23.1 Å². The van der Waals surface area contributed by atoms with E-state index in [1.54, 1.807) is 12.1 Å². The number of carbonyl (C=O) groups is 1. The van der Waals surface area contributed by atoms with Gasteiger partial charge in [0.1, 0.15) is 5.82 Å². The highest BCUT2D eigenvalue weighted by molar-refractivity contribution is 7.89. The van der Waals surface area contributed by atoms with Gasteiger partial charge in [-0.15, -0.1) is 0 Å². The van der Waals surface area contributed by atoms with Crippen LogP contribution >= 0.6 is 0 Å². The summed E-state index contributed by atoms with van der Waals surface area (Å²) in [5.74, 6) is 0.609. The molecule has 0 saturated carbocycles. The lowest BCUT2D eigenvalue weighted by Crippen LogP contribution is -2.36. The zero-order valence-corrected chi connectivity index (χ0v) is 23.8. The maximum absolute atomic E-state index is 13.9. The number of nitrogens with one attached hydrogen (secondary N) is 5. The highest BCUT2D eigenvalue weighted by atomic mass is 32.2. The number of rotatable bonds is 5. The van der Waals surface area contributed by atoms with E-state index < -0.39 is 27.8 Å². The van der Waals surface area contributed by atoms with Crippen LogP contribution in [0.2, 0.25) is 0 Å². The molecule has 5 rings (SSSR count). The van der Waals surface area contributed by atoms with Crippen molar-refractivity contribution in [3.05, 3.63) is 65.4 Å². The molecule has 0 unspecified atom stereocenters. The molecule has 230 valence electrons. The van der Waals surface area contributed by atoms with Crippen LogP contribution in [0.15, 0.2) is 53.6 Å². The number of fused-ring (bicyclic) bond motifs is 4. The number of aromatic nitrogens is 2. The second-order valence-corrected chi connectivity index (χ2v) is 11.7. The van der Waals surface area contributed by atoms with Crippen LogP contribution in [0.3, 0.4) is 0 Å². The summed E-state index contributed by atoms with van der Waals surface area (Å²) < 4.78 is 74.5. The molecule has 2 aliphatic heterocycles. The molecule has 3 heterocycles. The summed E-state index contributed by atoms with van der Waals surface area (Å²) in [6, 6.07) is 9.27. The number of hydrogen-bond acceptors (Lipinski definition) is 9. The Morgan fingerprint density at radius 3 is 2.67 bits per heavy atom. The Morgan fingerprint density at radius 2 is 1.88 bits per heavy atom. The zero-order chi connectivity index (χ0) is 30.5. The van der Waals surface area contributed by atoms with Crippen LogP contribution in [-0.4, -0.2) is 68.7 Å². The van der Waals surface area contributed by atoms with Crippen molar-refractivity contribution in [3.8, 4) is 0 Å². The number of urea groups is 1. The normalized spacial score (nSPS) is 17.3. The maximum Gasteiger partial charge on any atom is 0.416 e. The van der Waals surface area contributed by atoms with Crippen LogP contribution in [0.25, 0.3) is 0 Å². The van der Waals surface area contributed by atoms with Gasteiger partial charge in [-0.25, -0.2) is 22.9 Å². The van der Waals surface area contributed by atoms with Crippen molar-refractivity contribution in [2.24, 2.45) is 0 Å². The smallest absolute Gasteiger partial charge is 0.379 e. The van der Waals surface area contributed by atoms with Crippen LogP contribution < -0.4 is 26.0 Å². The Morgan fingerprint density at radius 1 is 1.07 bits per heavy atom. The Bertz CT molecular complexity index is 1570. The minimum atomic E-state index is -4.59. The molecule has 2 aliphatic rings. The van der Waals surface area contributed by atoms with E-state index in [1.165, 1.54) is 30.5 Å². The number of morpholine rings is 1. The standard InChI is InChI=1S/C27H31F3N8O4S/c28-27(29,30)23-14-21(6-5-18(23)17-38-9-11-42-12-10-38)36-26(39)33-16-19-15-32-25-35-20-3-1-4-22(13-20)43(40,41)34-8-2-7-31-24(19)37-25/h1,3-6,13-15,34H,2,7-12,16-17H2,(H2,33,36,39)(H2,31,32,35,37). The quantitative estimate of drug-likeness (QED) is 0.289. The molecule has 2 amide bonds. The Kier molecular flexibility index (Phi) is 9.29. The van der Waals surface area contributed by atoms with E-state index >= 15 is 0 Å². The number of amides is 2. The number of nitrogens with zero attached hydrogens (tertiary/aromatic N) is 3. The van der Waals surface area contributed by atoms with E-state index in [-0.39, 0.29) is 41.7 Å². The predicted octanol–water partition coefficient (Wildman–Crippen LogP) is 3.49. The number of alkyl halides is 3. The molecule has 1 saturated heterocycles. The molecule has 4 bridgehead atoms. The predicted molar refractivity (Wildman–Crippen MR) is 153 cm³/mol. The van der Waals surface area contributed by atoms with Crippen LogP contribution in [0.4, 0.5) is 41.1 Å². The number of anilines is 4. The van der Waals surface area contributed by atoms with Gasteiger partial charge < -0.3 is 26.0 Å². The molecule has 12 nitrogen and oxygen atoms in total. The minimum Gasteiger partial charge on any atom is -0.379 e. The summed E-state index contributed by atoms with van der Waals surface area (Å²) >= 11 is 0. The molecule has 0 atom stereocenters. The molecule has 16 heteroatoms. The number of hydrogen-bond donors (Lipinski definition) is 5. The lowest BCUT2D eigenvalue weighted by molar-refractivity contribution is -0.138. The molecule has 43 heavy (non-hydrogen) atoms. The van der Waals surface area contributed by atoms with Crippen LogP contribution in [0, 0.1) is 0 Å². The zero-order valence-electron chi connectivity index (χ0n) is 23.0. The molecule has 0 radical (unpaired) electrons. The van der Waals surface area contributed by atoms with Crippen LogP contribution in [-0.2, 0) is 34.0 Å². The molecule has 1 aromatic heterocycles. The van der Waals surface area contributed by atoms with E-state index in [4.69, 9.17) is 4.74 Å². The summed E-state index contributed by atoms with van der Waals surface area (Å²) in [7, 11) is -3.69. The van der Waals surface area contributed by atoms with Gasteiger partial charge in [0.05, 0.1) is 23.7 Å². The monoisotopic (exact) mass is 620 g/mol. The lowest BCUT2D eigenvalue weighted by atomic mass is 10.0. The number of carbonyl (C=O) groups excluding carboxylic acids is 1. The Hall–Kier alpha value is -3.99. The van der Waals surface area contributed by atoms with Gasteiger partial charge in [0.15, 0.2) is 0 Å². The third-order valence-corrected chi connectivity index (χ3v) is 8.27. The van der Waals surface area contributed by atoms with Gasteiger partial charge in [-0.1, -0.05) is 12.1 Å². The number of halogens is 3. The summed E-state index contributed by atoms with van der Waals surface area (Å²) in [6.45, 7) is 2.68. The first-order chi connectivity index (χ1) is 20.6. The fourth-order valence-electron chi connectivity index (χ4n) is 4.61. The second-order valence-electron chi connectivity index (χ2n) is 9.96. The first-order valence-electron chi connectivity index (χ1n) is 13.6. The van der Waals surface area contributed by atoms with Crippen LogP contribution in [0.5, 0.6) is 0 Å². The lowest BCUT2D eigenvalue weighted by Gasteiger charge is -2.27. The van der Waals surface area contributed by atoms with Gasteiger partial charge in [-0.2, -0.15) is 18.2 Å². The van der Waals surface area contributed by atoms with Gasteiger partial charge in [0.25, 0.3) is 0 Å². The van der Waals surface area contributed by atoms with Crippen molar-refractivity contribution in [1.29, 1.82) is 0 Å². The van der Waals surface area contributed by atoms with E-state index in [2.05, 4.69) is 36.0 Å². The first kappa shape index (κ1) is 30.5. The molecule has 2 aromatic carbocycles. The average Bonchev–Trinajstić information content (AvgIpc) is 2.97. The fraction of sp³-hybridized carbons (Fsp3) is 0.370. The molecular formula is C27H31F3N8O4S. The summed E-state index contributed by atoms with van der Waals surface area (Å²) in [6.07, 6.45) is -2.65. The average molecular weight is 621 g/mol. The maximum atomic E-state index is 13.9. The highest BCUT2D eigenvalue weighted by Gasteiger charge is 2.34. The van der Waals surface area contributed by atoms with Gasteiger partial charge in [0, 0.05) is 62.4 Å². The van der Waals surface area contributed by atoms with E-state index in [0.29, 0.717) is 56.3 Å². The first-order valence-corrected chi connectivity index (χ1v) is 15.1. The van der Waals surface area contributed by atoms with Crippen molar-refractivity contribution in [1.82, 2.24) is 24.9 Å². The number of benzene rings is 2. The van der Waals surface area contributed by atoms with Crippen molar-refractivity contribution in [3.63, 3.8) is 0 Å². The summed E-state index contributed by atoms with van der Waals surface area (Å²) in [5, 5.41) is 11.2. The van der Waals surface area contributed by atoms with Crippen molar-refractivity contribution < 1.29 is 31.1 Å². The SMILES string of the molecule is O=C(NCc1cnc2nc1NCCCNS(=O)(=O)c1cccc(c1)N2)Nc1ccc(CN2CCOCC2)c(C(F)(F)F)c1. The van der Waals surface area contributed by atoms with Gasteiger partial charge in [-0.3, -0.25) is 4.90 Å². The van der Waals surface area contributed by atoms with E-state index in [9.17, 15) is 26.4 Å². The fourth-order valence-corrected chi connectivity index (χ4v) is 5.73. The van der Waals surface area contributed by atoms with Crippen molar-refractivity contribution >= 4 is 39.2 Å². The molecule has 1 fully saturated rings. The topological polar surface area (TPSA) is 150 Å². The number of ether oxygens (including phenoxy) is 1. The molecule has 5 N–H and O–H groups in total. The minimum absolute atomic E-state index is 0.0000895. The summed E-state index contributed by atoms with van der Waals surface area (Å²) in [5.41, 5.74) is 0.294. The number of sulfonamides is 1. The van der Waals surface area contributed by atoms with Crippen molar-refractivity contribution in [2.75, 3.05) is 55.3 Å². The third-order valence-electron chi connectivity index (χ3n) is 6.81. The summed E-state index contributed by atoms with van der Waals surface area (Å²) in [4.78, 5) is 23.4. The largest absolute Gasteiger partial charge is 0.416 e. The van der Waals surface area contributed by atoms with Gasteiger partial charge in [-0.05, 0) is 42.3 Å².